The first-order valence-corrected chi connectivity index (χ1v) is 1.10. The van der Waals surface area contributed by atoms with Gasteiger partial charge in [-0.05, 0) is 0 Å². The van der Waals surface area contributed by atoms with Crippen LogP contribution in [-0.2, 0) is 21.1 Å². The van der Waals surface area contributed by atoms with E-state index in [1.807, 2.05) is 0 Å². The molecule has 0 amide bonds. The van der Waals surface area contributed by atoms with Gasteiger partial charge in [-0.25, -0.2) is 0 Å². The van der Waals surface area contributed by atoms with Crippen LogP contribution in [0.2, 0.25) is 0 Å². The van der Waals surface area contributed by atoms with E-state index in [1.165, 1.54) is 0 Å². The summed E-state index contributed by atoms with van der Waals surface area (Å²) in [6.07, 6.45) is 0. The molecule has 0 aromatic rings. The second kappa shape index (κ2) is 76.7. The van der Waals surface area contributed by atoms with Gasteiger partial charge < -0.3 is 67.5 Å². The monoisotopic (exact) mass is 421 g/mol. The number of hydrogen-bond donors (Lipinski definition) is 6. The molecule has 14 nitrogen and oxygen atoms in total. The van der Waals surface area contributed by atoms with E-state index >= 15 is 0 Å². The summed E-state index contributed by atoms with van der Waals surface area (Å²) in [5.74, 6) is 0. The number of rotatable bonds is 0. The molecular formula is H18N8O6Pt. The van der Waals surface area contributed by atoms with Crippen LogP contribution in [-0.4, -0.2) is 10.2 Å². The predicted octanol–water partition coefficient (Wildman–Crippen LogP) is 0.491. The Balaban J connectivity index is -0.00000000468. The summed E-state index contributed by atoms with van der Waals surface area (Å²) in [6.45, 7) is 0. The van der Waals surface area contributed by atoms with Gasteiger partial charge in [0.2, 0.25) is 0 Å². The standard InChI is InChI=1S/2NO3.6H3N.Pt/c2*2-1(3)4;;;;;;;/h;;6*1H3;/q2*-1;;;;;;;+2. The van der Waals surface area contributed by atoms with Gasteiger partial charge in [0.15, 0.2) is 0 Å². The summed E-state index contributed by atoms with van der Waals surface area (Å²) in [5.41, 5.74) is 0. The van der Waals surface area contributed by atoms with Gasteiger partial charge >= 0.3 is 21.1 Å². The molecule has 0 fully saturated rings. The summed E-state index contributed by atoms with van der Waals surface area (Å²) < 4.78 is 0. The summed E-state index contributed by atoms with van der Waals surface area (Å²) in [7, 11) is 0. The van der Waals surface area contributed by atoms with E-state index in [0.717, 1.165) is 0 Å². The van der Waals surface area contributed by atoms with E-state index in [1.54, 1.807) is 0 Å². The van der Waals surface area contributed by atoms with E-state index in [9.17, 15) is 0 Å². The fourth-order valence-electron chi connectivity index (χ4n) is 0. The molecule has 0 aliphatic carbocycles. The van der Waals surface area contributed by atoms with Crippen molar-refractivity contribution in [2.24, 2.45) is 0 Å². The van der Waals surface area contributed by atoms with Gasteiger partial charge in [-0.1, -0.05) is 0 Å². The van der Waals surface area contributed by atoms with Crippen LogP contribution in [0.4, 0.5) is 0 Å². The predicted molar refractivity (Wildman–Crippen MR) is 50.9 cm³/mol. The molecule has 0 heterocycles. The zero-order valence-electron chi connectivity index (χ0n) is 7.90. The average molecular weight is 421 g/mol. The Morgan fingerprint density at radius 2 is 0.533 bits per heavy atom. The molecule has 104 valence electrons. The third-order valence-electron chi connectivity index (χ3n) is 0. The molecule has 0 aromatic carbocycles. The van der Waals surface area contributed by atoms with E-state index in [-0.39, 0.29) is 58.0 Å². The first-order chi connectivity index (χ1) is 3.46. The molecule has 15 heavy (non-hydrogen) atoms. The summed E-state index contributed by atoms with van der Waals surface area (Å²) in [5, 5.41) is 29.5. The van der Waals surface area contributed by atoms with Crippen LogP contribution in [0.25, 0.3) is 0 Å². The van der Waals surface area contributed by atoms with E-state index in [4.69, 9.17) is 30.6 Å². The van der Waals surface area contributed by atoms with Gasteiger partial charge in [0.05, 0.1) is 10.2 Å². The number of hydrogen-bond acceptors (Lipinski definition) is 12. The molecular weight excluding hydrogens is 403 g/mol. The molecule has 15 heteroatoms. The smallest absolute Gasteiger partial charge is 0.356 e. The van der Waals surface area contributed by atoms with Crippen molar-refractivity contribution in [2.45, 2.75) is 0 Å². The van der Waals surface area contributed by atoms with Crippen molar-refractivity contribution in [1.29, 1.82) is 0 Å². The van der Waals surface area contributed by atoms with Crippen molar-refractivity contribution in [3.63, 3.8) is 0 Å². The topological polar surface area (TPSA) is 342 Å². The molecule has 0 atom stereocenters. The van der Waals surface area contributed by atoms with Crippen molar-refractivity contribution in [1.82, 2.24) is 36.9 Å². The van der Waals surface area contributed by atoms with Crippen molar-refractivity contribution in [3.8, 4) is 0 Å². The van der Waals surface area contributed by atoms with Gasteiger partial charge in [-0.15, -0.1) is 0 Å². The molecule has 0 radical (unpaired) electrons. The second-order valence-electron chi connectivity index (χ2n) is 0.447. The molecule has 0 aromatic heterocycles. The van der Waals surface area contributed by atoms with E-state index in [2.05, 4.69) is 0 Å². The quantitative estimate of drug-likeness (QED) is 0.230. The minimum Gasteiger partial charge on any atom is -0.356 e. The first kappa shape index (κ1) is 97.3. The van der Waals surface area contributed by atoms with Crippen LogP contribution >= 0.6 is 0 Å². The fourth-order valence-corrected chi connectivity index (χ4v) is 0. The van der Waals surface area contributed by atoms with Crippen LogP contribution < -0.4 is 36.9 Å². The largest absolute Gasteiger partial charge is 2.00 e. The Kier molecular flexibility index (Phi) is 498. The zero-order chi connectivity index (χ0) is 7.15. The van der Waals surface area contributed by atoms with Crippen LogP contribution in [0.15, 0.2) is 0 Å². The molecule has 0 aliphatic heterocycles. The summed E-state index contributed by atoms with van der Waals surface area (Å²) in [4.78, 5) is 16.5. The van der Waals surface area contributed by atoms with Crippen LogP contribution in [0, 0.1) is 30.6 Å². The molecule has 0 saturated heterocycles. The fraction of sp³-hybridized carbons (Fsp3) is 0. The van der Waals surface area contributed by atoms with Gasteiger partial charge in [0.1, 0.15) is 0 Å². The first-order valence-electron chi connectivity index (χ1n) is 1.10. The summed E-state index contributed by atoms with van der Waals surface area (Å²) in [6, 6.07) is 0. The van der Waals surface area contributed by atoms with Crippen molar-refractivity contribution in [3.05, 3.63) is 30.6 Å². The van der Waals surface area contributed by atoms with E-state index in [0.29, 0.717) is 0 Å². The molecule has 0 aliphatic rings. The van der Waals surface area contributed by atoms with Crippen molar-refractivity contribution >= 4 is 0 Å². The van der Waals surface area contributed by atoms with Gasteiger partial charge in [0, 0.05) is 0 Å². The van der Waals surface area contributed by atoms with Crippen LogP contribution in [0.3, 0.4) is 0 Å². The average Bonchev–Trinajstić information content (AvgIpc) is 1.25. The molecule has 18 N–H and O–H groups in total. The Hall–Kier alpha value is -1.15. The maximum atomic E-state index is 8.25. The van der Waals surface area contributed by atoms with Crippen LogP contribution in [0.1, 0.15) is 0 Å². The minimum atomic E-state index is -1.75. The molecule has 0 saturated carbocycles. The second-order valence-corrected chi connectivity index (χ2v) is 0.447. The third kappa shape index (κ3) is 1140. The third-order valence-corrected chi connectivity index (χ3v) is 0. The van der Waals surface area contributed by atoms with Gasteiger partial charge in [-0.2, -0.15) is 0 Å². The Bertz CT molecular complexity index is 77.1. The molecule has 0 spiro atoms. The summed E-state index contributed by atoms with van der Waals surface area (Å²) >= 11 is 0. The maximum absolute atomic E-state index is 8.25. The van der Waals surface area contributed by atoms with Gasteiger partial charge in [0.25, 0.3) is 0 Å². The number of nitrogens with zero attached hydrogens (tertiary/aromatic N) is 2. The van der Waals surface area contributed by atoms with Crippen LogP contribution in [0.5, 0.6) is 0 Å². The van der Waals surface area contributed by atoms with Crippen molar-refractivity contribution < 1.29 is 31.2 Å². The Morgan fingerprint density at radius 3 is 0.533 bits per heavy atom. The Labute approximate surface area is 99.4 Å². The Morgan fingerprint density at radius 1 is 0.533 bits per heavy atom. The molecule has 0 bridgehead atoms. The molecule has 0 rings (SSSR count). The maximum Gasteiger partial charge on any atom is 2.00 e. The minimum absolute atomic E-state index is 0. The molecule has 0 unspecified atom stereocenters. The van der Waals surface area contributed by atoms with Gasteiger partial charge in [-0.3, -0.25) is 0 Å². The SMILES string of the molecule is N.N.N.N.N.N.O=[N+]([O-])[O-].O=[N+]([O-])[O-].[Pt+2]. The van der Waals surface area contributed by atoms with E-state index < -0.39 is 10.2 Å². The zero-order valence-corrected chi connectivity index (χ0v) is 10.2. The normalized spacial score (nSPS) is 3.20. The van der Waals surface area contributed by atoms with Crippen molar-refractivity contribution in [2.75, 3.05) is 0 Å².